The third-order valence-corrected chi connectivity index (χ3v) is 11.1. The van der Waals surface area contributed by atoms with Crippen LogP contribution < -0.4 is 15.6 Å². The van der Waals surface area contributed by atoms with Crippen LogP contribution in [0.5, 0.6) is 5.75 Å². The lowest BCUT2D eigenvalue weighted by molar-refractivity contribution is 0.0293. The molecule has 1 aliphatic heterocycles. The summed E-state index contributed by atoms with van der Waals surface area (Å²) in [6.07, 6.45) is 1.14. The Balaban J connectivity index is 1.94. The van der Waals surface area contributed by atoms with Crippen LogP contribution in [0.2, 0.25) is 18.1 Å². The van der Waals surface area contributed by atoms with Crippen LogP contribution in [0.3, 0.4) is 0 Å². The second kappa shape index (κ2) is 10.3. The maximum atomic E-state index is 13.8. The summed E-state index contributed by atoms with van der Waals surface area (Å²) in [4.78, 5) is 28.2. The molecule has 0 saturated heterocycles. The third kappa shape index (κ3) is 5.53. The fourth-order valence-corrected chi connectivity index (χ4v) is 4.64. The van der Waals surface area contributed by atoms with Crippen molar-refractivity contribution in [3.63, 3.8) is 0 Å². The first-order valence-corrected chi connectivity index (χ1v) is 14.5. The van der Waals surface area contributed by atoms with Gasteiger partial charge in [0.1, 0.15) is 12.8 Å². The van der Waals surface area contributed by atoms with E-state index < -0.39 is 14.5 Å². The van der Waals surface area contributed by atoms with Gasteiger partial charge >= 0.3 is 0 Å². The number of pyridine rings is 1. The summed E-state index contributed by atoms with van der Waals surface area (Å²) in [6.45, 7) is 13.7. The normalized spacial score (nSPS) is 17.2. The number of rotatable bonds is 9. The summed E-state index contributed by atoms with van der Waals surface area (Å²) < 4.78 is 19.3. The third-order valence-electron chi connectivity index (χ3n) is 6.63. The zero-order valence-corrected chi connectivity index (χ0v) is 22.3. The highest BCUT2D eigenvalue weighted by Crippen LogP contribution is 2.37. The van der Waals surface area contributed by atoms with Gasteiger partial charge in [-0.05, 0) is 30.6 Å². The Kier molecular flexibility index (Phi) is 7.90. The number of carbonyl (C=O) groups excluding carboxylic acids is 1. The smallest absolute Gasteiger partial charge is 0.278 e. The lowest BCUT2D eigenvalue weighted by Crippen LogP contribution is -2.61. The lowest BCUT2D eigenvalue weighted by atomic mass is 10.1. The van der Waals surface area contributed by atoms with Crippen molar-refractivity contribution in [1.29, 1.82) is 0 Å². The molecule has 34 heavy (non-hydrogen) atoms. The summed E-state index contributed by atoms with van der Waals surface area (Å²) in [5.41, 5.74) is 4.10. The fourth-order valence-electron chi connectivity index (χ4n) is 3.63. The minimum atomic E-state index is -2.05. The second-order valence-corrected chi connectivity index (χ2v) is 15.0. The molecule has 0 saturated carbocycles. The number of fused-ring (bicyclic) bond motifs is 1. The van der Waals surface area contributed by atoms with Gasteiger partial charge < -0.3 is 24.2 Å². The number of amides is 1. The number of hydrogen-bond acceptors (Lipinski definition) is 6. The average Bonchev–Trinajstić information content (AvgIpc) is 2.77. The van der Waals surface area contributed by atoms with Crippen LogP contribution in [-0.4, -0.2) is 56.3 Å². The Labute approximate surface area is 202 Å². The molecule has 1 aromatic carbocycles. The molecule has 3 rings (SSSR count). The molecular formula is C25H37N3O5Si. The largest absolute Gasteiger partial charge is 0.482 e. The Morgan fingerprint density at radius 1 is 1.12 bits per heavy atom. The minimum absolute atomic E-state index is 0.0298. The fraction of sp³-hybridized carbons (Fsp3) is 0.520. The van der Waals surface area contributed by atoms with Gasteiger partial charge in [0.05, 0.1) is 19.3 Å². The van der Waals surface area contributed by atoms with Gasteiger partial charge in [-0.2, -0.15) is 0 Å². The van der Waals surface area contributed by atoms with Crippen molar-refractivity contribution in [3.8, 4) is 5.75 Å². The van der Waals surface area contributed by atoms with E-state index >= 15 is 0 Å². The second-order valence-electron chi connectivity index (χ2n) is 10.2. The molecule has 2 heterocycles. The van der Waals surface area contributed by atoms with E-state index in [1.165, 1.54) is 6.07 Å². The highest BCUT2D eigenvalue weighted by Gasteiger charge is 2.42. The molecule has 8 nitrogen and oxygen atoms in total. The first-order chi connectivity index (χ1) is 16.0. The highest BCUT2D eigenvalue weighted by molar-refractivity contribution is 6.74. The molecule has 1 amide bonds. The van der Waals surface area contributed by atoms with E-state index in [9.17, 15) is 9.59 Å². The summed E-state index contributed by atoms with van der Waals surface area (Å²) in [7, 11) is -0.445. The van der Waals surface area contributed by atoms with Gasteiger partial charge in [0.2, 0.25) is 5.43 Å². The van der Waals surface area contributed by atoms with Crippen LogP contribution in [0, 0.1) is 0 Å². The summed E-state index contributed by atoms with van der Waals surface area (Å²) >= 11 is 0. The number of nitrogens with one attached hydrogen (secondary N) is 1. The van der Waals surface area contributed by atoms with Gasteiger partial charge in [0.25, 0.3) is 5.91 Å². The molecule has 1 aliphatic rings. The van der Waals surface area contributed by atoms with Crippen molar-refractivity contribution >= 4 is 14.2 Å². The molecule has 0 bridgehead atoms. The number of carbonyl (C=O) groups is 1. The van der Waals surface area contributed by atoms with Crippen LogP contribution in [-0.2, 0) is 15.8 Å². The first-order valence-electron chi connectivity index (χ1n) is 11.6. The molecule has 1 aromatic heterocycles. The Morgan fingerprint density at radius 3 is 2.41 bits per heavy atom. The topological polar surface area (TPSA) is 82.0 Å². The van der Waals surface area contributed by atoms with E-state index in [0.717, 1.165) is 5.56 Å². The number of ether oxygens (including phenoxy) is 2. The van der Waals surface area contributed by atoms with Crippen LogP contribution in [0.1, 0.15) is 43.7 Å². The van der Waals surface area contributed by atoms with Gasteiger partial charge in [-0.3, -0.25) is 14.3 Å². The van der Waals surface area contributed by atoms with Crippen molar-refractivity contribution in [3.05, 3.63) is 64.1 Å². The van der Waals surface area contributed by atoms with E-state index in [4.69, 9.17) is 13.9 Å². The minimum Gasteiger partial charge on any atom is -0.482 e. The number of methoxy groups -OCH3 is 1. The standard InChI is InChI=1S/C25H37N3O5Si/c1-18(15-31-5)28-21(17-33-34(6,7)25(2,3)4)26-27-14-13-20(29)23(22(27)24(28)30)32-16-19-11-9-8-10-12-19/h8-14,18,21,26H,15-17H2,1-7H3/t18-,21?/m0/s1. The zero-order chi connectivity index (χ0) is 25.1. The number of benzene rings is 1. The number of nitrogens with zero attached hydrogens (tertiary/aromatic N) is 2. The molecule has 0 aliphatic carbocycles. The average molecular weight is 488 g/mol. The van der Waals surface area contributed by atoms with Crippen LogP contribution in [0.25, 0.3) is 0 Å². The van der Waals surface area contributed by atoms with E-state index in [0.29, 0.717) is 13.2 Å². The van der Waals surface area contributed by atoms with Gasteiger partial charge in [-0.25, -0.2) is 0 Å². The first kappa shape index (κ1) is 26.0. The van der Waals surface area contributed by atoms with Crippen LogP contribution >= 0.6 is 0 Å². The molecule has 2 atom stereocenters. The molecule has 1 unspecified atom stereocenters. The van der Waals surface area contributed by atoms with Gasteiger partial charge in [0, 0.05) is 19.4 Å². The highest BCUT2D eigenvalue weighted by atomic mass is 28.4. The van der Waals surface area contributed by atoms with E-state index in [2.05, 4.69) is 39.3 Å². The Hall–Kier alpha value is -2.62. The van der Waals surface area contributed by atoms with Gasteiger partial charge in [-0.15, -0.1) is 0 Å². The summed E-state index contributed by atoms with van der Waals surface area (Å²) in [6, 6.07) is 10.7. The van der Waals surface area contributed by atoms with Crippen molar-refractivity contribution in [1.82, 2.24) is 9.58 Å². The molecule has 0 radical (unpaired) electrons. The lowest BCUT2D eigenvalue weighted by Gasteiger charge is -2.44. The Morgan fingerprint density at radius 2 is 1.79 bits per heavy atom. The molecule has 9 heteroatoms. The number of aromatic nitrogens is 1. The molecule has 0 spiro atoms. The monoisotopic (exact) mass is 487 g/mol. The van der Waals surface area contributed by atoms with Crippen molar-refractivity contribution in [2.75, 3.05) is 25.7 Å². The molecule has 1 N–H and O–H groups in total. The van der Waals surface area contributed by atoms with E-state index in [1.54, 1.807) is 22.9 Å². The maximum Gasteiger partial charge on any atom is 0.278 e. The SMILES string of the molecule is COC[C@H](C)N1C(=O)c2c(OCc3ccccc3)c(=O)ccn2NC1CO[Si](C)(C)C(C)(C)C. The van der Waals surface area contributed by atoms with E-state index in [-0.39, 0.29) is 40.5 Å². The van der Waals surface area contributed by atoms with Crippen molar-refractivity contribution in [2.45, 2.75) is 64.6 Å². The quantitative estimate of drug-likeness (QED) is 0.542. The predicted molar refractivity (Wildman–Crippen MR) is 135 cm³/mol. The number of hydrogen-bond donors (Lipinski definition) is 1. The Bertz CT molecular complexity index is 1050. The molecule has 186 valence electrons. The predicted octanol–water partition coefficient (Wildman–Crippen LogP) is 3.81. The van der Waals surface area contributed by atoms with Crippen LogP contribution in [0.15, 0.2) is 47.4 Å². The molecule has 0 fully saturated rings. The van der Waals surface area contributed by atoms with E-state index in [1.807, 2.05) is 37.3 Å². The van der Waals surface area contributed by atoms with Gasteiger partial charge in [0.15, 0.2) is 19.8 Å². The molecular weight excluding hydrogens is 450 g/mol. The zero-order valence-electron chi connectivity index (χ0n) is 21.3. The van der Waals surface area contributed by atoms with Crippen molar-refractivity contribution in [2.24, 2.45) is 0 Å². The maximum absolute atomic E-state index is 13.8. The van der Waals surface area contributed by atoms with Crippen LogP contribution in [0.4, 0.5) is 0 Å². The molecule has 2 aromatic rings. The summed E-state index contributed by atoms with van der Waals surface area (Å²) in [5, 5.41) is 0.0373. The van der Waals surface area contributed by atoms with Gasteiger partial charge in [-0.1, -0.05) is 51.1 Å². The van der Waals surface area contributed by atoms with Crippen molar-refractivity contribution < 1.29 is 18.7 Å². The summed E-state index contributed by atoms with van der Waals surface area (Å²) in [5.74, 6) is -0.268.